The minimum Gasteiger partial charge on any atom is -0.313 e. The van der Waals surface area contributed by atoms with Gasteiger partial charge in [0.15, 0.2) is 0 Å². The first-order chi connectivity index (χ1) is 9.31. The van der Waals surface area contributed by atoms with Crippen molar-refractivity contribution in [2.75, 3.05) is 6.54 Å². The van der Waals surface area contributed by atoms with Crippen LogP contribution in [0.5, 0.6) is 0 Å². The molecule has 0 bridgehead atoms. The van der Waals surface area contributed by atoms with Crippen molar-refractivity contribution in [1.29, 1.82) is 0 Å². The molecule has 1 fully saturated rings. The molecule has 4 unspecified atom stereocenters. The van der Waals surface area contributed by atoms with Gasteiger partial charge in [-0.3, -0.25) is 0 Å². The molecule has 0 aromatic rings. The Kier molecular flexibility index (Phi) is 7.41. The molecule has 0 saturated heterocycles. The van der Waals surface area contributed by atoms with E-state index in [0.29, 0.717) is 5.41 Å². The molecule has 1 rings (SSSR count). The summed E-state index contributed by atoms with van der Waals surface area (Å²) in [6, 6.07) is 0.732. The van der Waals surface area contributed by atoms with Gasteiger partial charge in [-0.15, -0.1) is 0 Å². The fraction of sp³-hybridized carbons (Fsp3) is 1.00. The van der Waals surface area contributed by atoms with E-state index in [4.69, 9.17) is 0 Å². The summed E-state index contributed by atoms with van der Waals surface area (Å²) in [6.45, 7) is 17.8. The fourth-order valence-corrected chi connectivity index (χ4v) is 4.84. The van der Waals surface area contributed by atoms with Crippen LogP contribution in [-0.4, -0.2) is 23.1 Å². The average Bonchev–Trinajstić information content (AvgIpc) is 2.40. The van der Waals surface area contributed by atoms with Crippen molar-refractivity contribution in [3.63, 3.8) is 0 Å². The second-order valence-corrected chi connectivity index (χ2v) is 9.26. The highest BCUT2D eigenvalue weighted by molar-refractivity contribution is 8.00. The Balaban J connectivity index is 2.71. The van der Waals surface area contributed by atoms with Crippen LogP contribution in [0.25, 0.3) is 0 Å². The second-order valence-electron chi connectivity index (χ2n) is 7.64. The van der Waals surface area contributed by atoms with Gasteiger partial charge < -0.3 is 5.32 Å². The molecule has 0 heterocycles. The summed E-state index contributed by atoms with van der Waals surface area (Å²) in [4.78, 5) is 0. The van der Waals surface area contributed by atoms with Crippen molar-refractivity contribution in [2.45, 2.75) is 90.7 Å². The number of thioether (sulfide) groups is 1. The summed E-state index contributed by atoms with van der Waals surface area (Å²) in [6.07, 6.45) is 5.48. The van der Waals surface area contributed by atoms with Crippen molar-refractivity contribution in [3.8, 4) is 0 Å². The summed E-state index contributed by atoms with van der Waals surface area (Å²) in [5.41, 5.74) is 0.511. The molecule has 20 heavy (non-hydrogen) atoms. The maximum atomic E-state index is 3.75. The third kappa shape index (κ3) is 4.94. The average molecular weight is 300 g/mol. The molecule has 0 radical (unpaired) electrons. The maximum Gasteiger partial charge on any atom is 0.0206 e. The lowest BCUT2D eigenvalue weighted by Crippen LogP contribution is -2.45. The van der Waals surface area contributed by atoms with E-state index in [1.807, 2.05) is 0 Å². The number of rotatable bonds is 7. The molecule has 0 aromatic heterocycles. The molecule has 1 aliphatic rings. The van der Waals surface area contributed by atoms with Crippen molar-refractivity contribution in [1.82, 2.24) is 5.32 Å². The topological polar surface area (TPSA) is 12.0 Å². The zero-order valence-electron chi connectivity index (χ0n) is 14.8. The van der Waals surface area contributed by atoms with Gasteiger partial charge in [0.25, 0.3) is 0 Å². The van der Waals surface area contributed by atoms with Crippen molar-refractivity contribution in [2.24, 2.45) is 17.3 Å². The van der Waals surface area contributed by atoms with Crippen molar-refractivity contribution in [3.05, 3.63) is 0 Å². The summed E-state index contributed by atoms with van der Waals surface area (Å²) < 4.78 is 0. The molecule has 1 N–H and O–H groups in total. The Labute approximate surface area is 132 Å². The van der Waals surface area contributed by atoms with Crippen LogP contribution >= 0.6 is 11.8 Å². The largest absolute Gasteiger partial charge is 0.313 e. The highest BCUT2D eigenvalue weighted by Crippen LogP contribution is 2.44. The van der Waals surface area contributed by atoms with Gasteiger partial charge >= 0.3 is 0 Å². The molecule has 0 amide bonds. The van der Waals surface area contributed by atoms with Gasteiger partial charge in [0.05, 0.1) is 0 Å². The van der Waals surface area contributed by atoms with Crippen LogP contribution in [-0.2, 0) is 0 Å². The molecule has 0 spiro atoms. The highest BCUT2D eigenvalue weighted by Gasteiger charge is 2.37. The predicted molar refractivity (Wildman–Crippen MR) is 94.6 cm³/mol. The third-order valence-corrected chi connectivity index (χ3v) is 7.45. The molecule has 1 nitrogen and oxygen atoms in total. The van der Waals surface area contributed by atoms with E-state index in [-0.39, 0.29) is 0 Å². The zero-order chi connectivity index (χ0) is 15.3. The Morgan fingerprint density at radius 2 is 1.80 bits per heavy atom. The Hall–Kier alpha value is 0.310. The maximum absolute atomic E-state index is 3.75. The molecular weight excluding hydrogens is 262 g/mol. The fourth-order valence-electron chi connectivity index (χ4n) is 3.21. The second kappa shape index (κ2) is 8.08. The summed E-state index contributed by atoms with van der Waals surface area (Å²) in [5, 5.41) is 5.32. The first kappa shape index (κ1) is 18.4. The number of nitrogens with one attached hydrogen (secondary N) is 1. The quantitative estimate of drug-likeness (QED) is 0.680. The Morgan fingerprint density at radius 3 is 2.30 bits per heavy atom. The number of hydrogen-bond donors (Lipinski definition) is 1. The summed E-state index contributed by atoms with van der Waals surface area (Å²) in [5.74, 6) is 1.68. The normalized spacial score (nSPS) is 29.7. The smallest absolute Gasteiger partial charge is 0.0206 e. The van der Waals surface area contributed by atoms with E-state index < -0.39 is 0 Å². The molecule has 0 aromatic carbocycles. The van der Waals surface area contributed by atoms with Crippen molar-refractivity contribution < 1.29 is 0 Å². The van der Waals surface area contributed by atoms with E-state index in [0.717, 1.165) is 34.9 Å². The first-order valence-electron chi connectivity index (χ1n) is 8.70. The lowest BCUT2D eigenvalue weighted by molar-refractivity contribution is 0.141. The van der Waals surface area contributed by atoms with Gasteiger partial charge in [0, 0.05) is 16.5 Å². The SMILES string of the molecule is CCNC1CCC(C(C)(C)CC)CC1SC(C)C(C)C. The van der Waals surface area contributed by atoms with Crippen LogP contribution in [0.1, 0.15) is 74.1 Å². The van der Waals surface area contributed by atoms with E-state index in [9.17, 15) is 0 Å². The molecule has 120 valence electrons. The zero-order valence-corrected chi connectivity index (χ0v) is 15.6. The van der Waals surface area contributed by atoms with Crippen LogP contribution in [0.4, 0.5) is 0 Å². The molecular formula is C18H37NS. The molecule has 1 aliphatic carbocycles. The standard InChI is InChI=1S/C18H37NS/c1-8-18(6,7)15-10-11-16(19-9-2)17(12-15)20-14(5)13(3)4/h13-17,19H,8-12H2,1-7H3. The van der Waals surface area contributed by atoms with Gasteiger partial charge in [-0.05, 0) is 43.1 Å². The minimum absolute atomic E-state index is 0.511. The van der Waals surface area contributed by atoms with Crippen LogP contribution in [0.2, 0.25) is 0 Å². The van der Waals surface area contributed by atoms with Crippen LogP contribution in [0.15, 0.2) is 0 Å². The van der Waals surface area contributed by atoms with Crippen molar-refractivity contribution >= 4 is 11.8 Å². The molecule has 2 heteroatoms. The lowest BCUT2D eigenvalue weighted by Gasteiger charge is -2.44. The minimum atomic E-state index is 0.511. The van der Waals surface area contributed by atoms with Gasteiger partial charge in [-0.25, -0.2) is 0 Å². The highest BCUT2D eigenvalue weighted by atomic mass is 32.2. The van der Waals surface area contributed by atoms with Gasteiger partial charge in [0.2, 0.25) is 0 Å². The van der Waals surface area contributed by atoms with Gasteiger partial charge in [-0.1, -0.05) is 54.9 Å². The third-order valence-electron chi connectivity index (χ3n) is 5.60. The first-order valence-corrected chi connectivity index (χ1v) is 9.64. The Bertz CT molecular complexity index is 275. The molecule has 1 saturated carbocycles. The molecule has 4 atom stereocenters. The van der Waals surface area contributed by atoms with Gasteiger partial charge in [-0.2, -0.15) is 11.8 Å². The summed E-state index contributed by atoms with van der Waals surface area (Å²) >= 11 is 2.24. The predicted octanol–water partition coefficient (Wildman–Crippen LogP) is 5.35. The van der Waals surface area contributed by atoms with Crippen LogP contribution < -0.4 is 5.32 Å². The monoisotopic (exact) mass is 299 g/mol. The van der Waals surface area contributed by atoms with Gasteiger partial charge in [0.1, 0.15) is 0 Å². The van der Waals surface area contributed by atoms with E-state index in [1.165, 1.54) is 25.7 Å². The summed E-state index contributed by atoms with van der Waals surface area (Å²) in [7, 11) is 0. The number of hydrogen-bond acceptors (Lipinski definition) is 2. The van der Waals surface area contributed by atoms with E-state index >= 15 is 0 Å². The van der Waals surface area contributed by atoms with Crippen LogP contribution in [0.3, 0.4) is 0 Å². The molecule has 0 aliphatic heterocycles. The van der Waals surface area contributed by atoms with E-state index in [1.54, 1.807) is 0 Å². The lowest BCUT2D eigenvalue weighted by atomic mass is 9.68. The van der Waals surface area contributed by atoms with E-state index in [2.05, 4.69) is 65.5 Å². The van der Waals surface area contributed by atoms with Crippen LogP contribution in [0, 0.1) is 17.3 Å². The Morgan fingerprint density at radius 1 is 1.15 bits per heavy atom.